The van der Waals surface area contributed by atoms with Gasteiger partial charge >= 0.3 is 6.18 Å². The van der Waals surface area contributed by atoms with Crippen molar-refractivity contribution in [2.24, 2.45) is 10.8 Å². The number of rotatable bonds is 34. The van der Waals surface area contributed by atoms with Crippen LogP contribution in [0.2, 0.25) is 25.1 Å². The number of nitrogens with zero attached hydrogens (tertiary/aromatic N) is 2. The molecule has 24 rings (SSSR count). The van der Waals surface area contributed by atoms with Crippen molar-refractivity contribution in [3.63, 3.8) is 0 Å². The largest absolute Gasteiger partial charge is 0.484 e. The van der Waals surface area contributed by atoms with E-state index in [0.29, 0.717) is 152 Å². The number of ketones is 3. The molecule has 5 atom stereocenters. The number of Topliss-reactive ketones (excluding diaryl/α,β-unsaturated/α-hetero) is 3. The Labute approximate surface area is 887 Å². The molecule has 12 fully saturated rings. The molecule has 0 radical (unpaired) electrons. The number of methoxy groups -OCH3 is 1. The molecule has 0 saturated heterocycles. The lowest BCUT2D eigenvalue weighted by Crippen LogP contribution is -2.84. The molecule has 16 aliphatic rings. The fourth-order valence-electron chi connectivity index (χ4n) is 22.9. The quantitative estimate of drug-likeness (QED) is 0.0184. The molecule has 12 saturated carbocycles. The van der Waals surface area contributed by atoms with Crippen molar-refractivity contribution >= 4 is 138 Å². The number of carbonyl (C=O) groups is 10. The predicted molar refractivity (Wildman–Crippen MR) is 545 cm³/mol. The van der Waals surface area contributed by atoms with Crippen LogP contribution in [-0.4, -0.2) is 209 Å². The molecule has 8 bridgehead atoms. The molecule has 150 heavy (non-hydrogen) atoms. The summed E-state index contributed by atoms with van der Waals surface area (Å²) in [7, 11) is -1.66. The maximum absolute atomic E-state index is 13.7. The number of hydrogen-bond donors (Lipinski definition) is 7. The standard InChI is InChI=1S/C28H29ClFNO5.C27H27ClF4N2O4.C27H29ClFN3O6.C26H29Cl2N3O6S/c1-17-2-4-19(13-21(17)30)35-16-26(34)31-28-9-6-27(7-10-28,8-11-28)15-23(33)25-14-22(32)20-12-18(29)3-5-24(20)36-25;1-15-2-4-17(7-19(15)29)37-10-24(36)34-26-11-25(12-26,13-26)9-21(35)23-8-20(33-14-27(30,31)32)18-6-16(28)3-5-22(18)38-23;1-16-3-6-21-20(9-16)32(24(34)7-8-36-2)11-22(38-21)25(35)31-27-13-26(14-27,15-27)30-23(33)12-37-17-4-5-18(28)19(29)10-17;1-16-9-18(4-5-19(16)28)36-12-23(32)29-25-13-26(14-25,15-25)30-24(33)22-11-31(7-8-38(2,34)35)20-10-17(27)3-6-21(20)37-22/h2-5,12-13,25H,6-11,14-16H2,1H3,(H,31,34);2-7,20,23,33H,8-14H2,1H3,(H,34,36);3-6,9-10,22H,7-8,11-15H2,1-2H3,(H,30,33)(H,31,35);3-6,9-10,22H,7-8,11-15H2,1-2H3,(H,29,32)(H,30,33)/t;20-,23+,25?,26?;;/m.0../s1. The van der Waals surface area contributed by atoms with Crippen LogP contribution in [-0.2, 0) is 57.7 Å². The van der Waals surface area contributed by atoms with Crippen molar-refractivity contribution in [3.8, 4) is 46.0 Å². The number of sulfone groups is 1. The first-order valence-corrected chi connectivity index (χ1v) is 53.3. The van der Waals surface area contributed by atoms with Gasteiger partial charge in [-0.2, -0.15) is 13.2 Å². The molecular formula is C108H114Cl5F6N9O21S. The zero-order valence-electron chi connectivity index (χ0n) is 83.0. The SMILES string of the molecule is COCCC(=O)N1CC(C(=O)NC23CC(NC(=O)COc4ccc(Cl)c(F)c4)(C2)C3)Oc2ccc(C)cc21.Cc1cc(OCC(=O)NC23CC(NC(=O)C4CN(CCS(C)(=O)=O)c5cc(Cl)ccc5O4)(C2)C3)ccc1Cl.Cc1ccc(OCC(=O)NC23CC(CC(=O)[C@H]4C[C@H](NCC(F)(F)F)c5cc(Cl)ccc5O4)(C2)C3)cc1F.Cc1ccc(OCC(=O)NC23CCC(CC(=O)C4CC(=O)c5cc(Cl)ccc5O4)(CC2)CC3)cc1F. The van der Waals surface area contributed by atoms with Gasteiger partial charge in [0.15, 0.2) is 68.2 Å². The molecule has 0 aromatic heterocycles. The summed E-state index contributed by atoms with van der Waals surface area (Å²) in [4.78, 5) is 131. The highest BCUT2D eigenvalue weighted by molar-refractivity contribution is 7.90. The average Bonchev–Trinajstić information content (AvgIpc) is 0.686. The van der Waals surface area contributed by atoms with Gasteiger partial charge in [-0.3, -0.25) is 47.9 Å². The minimum atomic E-state index is -4.40. The van der Waals surface area contributed by atoms with E-state index in [1.807, 2.05) is 30.9 Å². The van der Waals surface area contributed by atoms with Crippen molar-refractivity contribution < 1.29 is 125 Å². The molecule has 42 heteroatoms. The van der Waals surface area contributed by atoms with E-state index in [0.717, 1.165) is 55.7 Å². The predicted octanol–water partition coefficient (Wildman–Crippen LogP) is 16.4. The fraction of sp³-hybridized carbons (Fsp3) is 0.463. The Hall–Kier alpha value is -11.8. The molecule has 30 nitrogen and oxygen atoms in total. The number of halogens is 11. The van der Waals surface area contributed by atoms with E-state index in [-0.39, 0.29) is 198 Å². The number of nitrogens with one attached hydrogen (secondary N) is 7. The summed E-state index contributed by atoms with van der Waals surface area (Å²) in [6.45, 7) is 5.92. The second kappa shape index (κ2) is 43.7. The lowest BCUT2D eigenvalue weighted by atomic mass is 9.38. The van der Waals surface area contributed by atoms with Gasteiger partial charge < -0.3 is 89.6 Å². The minimum Gasteiger partial charge on any atom is -0.484 e. The van der Waals surface area contributed by atoms with Crippen LogP contribution in [0.5, 0.6) is 46.0 Å². The van der Waals surface area contributed by atoms with Crippen LogP contribution in [0.3, 0.4) is 0 Å². The Morgan fingerprint density at radius 2 is 0.893 bits per heavy atom. The topological polar surface area (TPSA) is 379 Å². The molecule has 7 amide bonds. The van der Waals surface area contributed by atoms with Gasteiger partial charge in [-0.1, -0.05) is 76.2 Å². The Bertz CT molecular complexity index is 6680. The maximum atomic E-state index is 13.7. The molecule has 0 spiro atoms. The van der Waals surface area contributed by atoms with Gasteiger partial charge in [0.25, 0.3) is 35.4 Å². The van der Waals surface area contributed by atoms with E-state index in [2.05, 4.69) is 37.2 Å². The van der Waals surface area contributed by atoms with Gasteiger partial charge in [0, 0.05) is 122 Å². The van der Waals surface area contributed by atoms with E-state index >= 15 is 0 Å². The number of hydrogen-bond acceptors (Lipinski definition) is 23. The number of carbonyl (C=O) groups excluding carboxylic acids is 10. The van der Waals surface area contributed by atoms with Crippen molar-refractivity contribution in [2.45, 2.75) is 226 Å². The summed E-state index contributed by atoms with van der Waals surface area (Å²) in [5.74, 6) is -0.508. The number of alkyl halides is 3. The Kier molecular flexibility index (Phi) is 31.9. The zero-order chi connectivity index (χ0) is 107. The second-order valence-corrected chi connectivity index (χ2v) is 46.6. The monoisotopic (exact) mass is 2190 g/mol. The molecule has 800 valence electrons. The van der Waals surface area contributed by atoms with Crippen LogP contribution in [0.15, 0.2) is 146 Å². The van der Waals surface area contributed by atoms with Gasteiger partial charge in [0.05, 0.1) is 66.8 Å². The molecule has 8 aromatic carbocycles. The van der Waals surface area contributed by atoms with Crippen molar-refractivity contribution in [1.29, 1.82) is 0 Å². The van der Waals surface area contributed by atoms with Gasteiger partial charge in [0.2, 0.25) is 5.91 Å². The minimum absolute atomic E-state index is 0.0219. The van der Waals surface area contributed by atoms with E-state index < -0.39 is 75.7 Å². The van der Waals surface area contributed by atoms with Crippen molar-refractivity contribution in [2.75, 3.05) is 88.1 Å². The summed E-state index contributed by atoms with van der Waals surface area (Å²) >= 11 is 29.8. The number of fused-ring (bicyclic) bond motifs is 7. The second-order valence-electron chi connectivity index (χ2n) is 42.3. The van der Waals surface area contributed by atoms with Gasteiger partial charge in [-0.05, 0) is 266 Å². The van der Waals surface area contributed by atoms with Crippen LogP contribution >= 0.6 is 58.0 Å². The third-order valence-electron chi connectivity index (χ3n) is 30.2. The summed E-state index contributed by atoms with van der Waals surface area (Å²) < 4.78 is 154. The summed E-state index contributed by atoms with van der Waals surface area (Å²) in [5, 5.41) is 22.7. The highest BCUT2D eigenvalue weighted by atomic mass is 35.5. The number of benzene rings is 8. The molecule has 4 aliphatic heterocycles. The zero-order valence-corrected chi connectivity index (χ0v) is 87.6. The molecule has 7 N–H and O–H groups in total. The highest BCUT2D eigenvalue weighted by Crippen LogP contribution is 2.69. The van der Waals surface area contributed by atoms with Gasteiger partial charge in [-0.15, -0.1) is 0 Å². The fourth-order valence-corrected chi connectivity index (χ4v) is 24.2. The first-order valence-electron chi connectivity index (χ1n) is 49.4. The summed E-state index contributed by atoms with van der Waals surface area (Å²) in [6.07, 6.45) is 4.78. The van der Waals surface area contributed by atoms with Gasteiger partial charge in [0.1, 0.15) is 73.3 Å². The Morgan fingerprint density at radius 1 is 0.453 bits per heavy atom. The Morgan fingerprint density at radius 3 is 1.41 bits per heavy atom. The number of aryl methyl sites for hydroxylation is 4. The Balaban J connectivity index is 0.000000136. The average molecular weight is 2200 g/mol. The third-order valence-corrected chi connectivity index (χ3v) is 32.5. The highest BCUT2D eigenvalue weighted by Gasteiger charge is 2.72. The van der Waals surface area contributed by atoms with Crippen molar-refractivity contribution in [1.82, 2.24) is 37.2 Å². The molecule has 12 aliphatic carbocycles. The summed E-state index contributed by atoms with van der Waals surface area (Å²) in [6, 6.07) is 37.6. The van der Waals surface area contributed by atoms with E-state index in [1.54, 1.807) is 122 Å². The smallest absolute Gasteiger partial charge is 0.401 e. The number of anilines is 2. The van der Waals surface area contributed by atoms with Gasteiger partial charge in [-0.25, -0.2) is 21.6 Å². The third kappa shape index (κ3) is 25.7. The molecule has 3 unspecified atom stereocenters. The van der Waals surface area contributed by atoms with Crippen molar-refractivity contribution in [3.05, 3.63) is 222 Å². The number of amides is 7. The maximum Gasteiger partial charge on any atom is 0.401 e. The van der Waals surface area contributed by atoms with Crippen LogP contribution in [0.4, 0.5) is 37.7 Å². The van der Waals surface area contributed by atoms with E-state index in [4.69, 9.17) is 101 Å². The lowest BCUT2D eigenvalue weighted by molar-refractivity contribution is -0.175. The van der Waals surface area contributed by atoms with E-state index in [1.165, 1.54) is 37.6 Å². The van der Waals surface area contributed by atoms with Crippen LogP contribution in [0.25, 0.3) is 0 Å². The van der Waals surface area contributed by atoms with E-state index in [9.17, 15) is 82.7 Å². The molecule has 8 aromatic rings. The molecular weight excluding hydrogens is 2080 g/mol. The number of ether oxygens (including phenoxy) is 9. The lowest BCUT2D eigenvalue weighted by Gasteiger charge is -2.70. The van der Waals surface area contributed by atoms with Crippen LogP contribution in [0.1, 0.15) is 173 Å². The first kappa shape index (κ1) is 109. The molecule has 4 heterocycles. The normalized spacial score (nSPS) is 26.0. The van der Waals surface area contributed by atoms with Crippen LogP contribution < -0.4 is 84.9 Å². The first-order chi connectivity index (χ1) is 70.9. The summed E-state index contributed by atoms with van der Waals surface area (Å²) in [5.41, 5.74) is 2.53. The van der Waals surface area contributed by atoms with Crippen LogP contribution in [0, 0.1) is 56.0 Å².